The summed E-state index contributed by atoms with van der Waals surface area (Å²) in [4.78, 5) is 2.56. The summed E-state index contributed by atoms with van der Waals surface area (Å²) in [5, 5.41) is 5.29. The highest BCUT2D eigenvalue weighted by Crippen LogP contribution is 2.51. The lowest BCUT2D eigenvalue weighted by molar-refractivity contribution is 0.590. The Morgan fingerprint density at radius 1 is 0.483 bits per heavy atom. The van der Waals surface area contributed by atoms with Gasteiger partial charge in [0.05, 0.1) is 28.1 Å². The van der Waals surface area contributed by atoms with Gasteiger partial charge in [0.2, 0.25) is 0 Å². The number of para-hydroxylation sites is 1. The first-order valence-electron chi connectivity index (χ1n) is 22.0. The predicted molar refractivity (Wildman–Crippen MR) is 259 cm³/mol. The third-order valence-electron chi connectivity index (χ3n) is 13.5. The number of fused-ring (bicyclic) bond motifs is 9. The van der Waals surface area contributed by atoms with E-state index in [0.29, 0.717) is 5.92 Å². The molecule has 302 valence electrons. The lowest BCUT2D eigenvalue weighted by Gasteiger charge is -2.30. The largest absolute Gasteiger partial charge is 0.333 e. The predicted octanol–water partition coefficient (Wildman–Crippen LogP) is 15.6. The van der Waals surface area contributed by atoms with Crippen LogP contribution in [-0.4, -0.2) is 15.2 Å². The third kappa shape index (κ3) is 6.07. The Hall–Kier alpha value is -5.80. The van der Waals surface area contributed by atoms with Gasteiger partial charge in [0.25, 0.3) is 0 Å². The molecular weight excluding hydrogens is 727 g/mol. The van der Waals surface area contributed by atoms with Gasteiger partial charge in [0, 0.05) is 50.2 Å². The molecule has 0 spiro atoms. The molecular formula is C57H59N3. The average molecular weight is 786 g/mol. The fourth-order valence-corrected chi connectivity index (χ4v) is 9.93. The van der Waals surface area contributed by atoms with Gasteiger partial charge >= 0.3 is 0 Å². The van der Waals surface area contributed by atoms with Crippen LogP contribution in [0.4, 0.5) is 11.4 Å². The molecule has 0 radical (unpaired) electrons. The van der Waals surface area contributed by atoms with Gasteiger partial charge in [-0.1, -0.05) is 131 Å². The smallest absolute Gasteiger partial charge is 0.0631 e. The topological polar surface area (TPSA) is 13.1 Å². The normalized spacial score (nSPS) is 17.1. The fourth-order valence-electron chi connectivity index (χ4n) is 9.93. The first-order chi connectivity index (χ1) is 28.5. The van der Waals surface area contributed by atoms with Gasteiger partial charge in [0.1, 0.15) is 0 Å². The van der Waals surface area contributed by atoms with E-state index in [2.05, 4.69) is 230 Å². The van der Waals surface area contributed by atoms with E-state index in [1.165, 1.54) is 94.2 Å². The van der Waals surface area contributed by atoms with E-state index in [4.69, 9.17) is 0 Å². The molecule has 0 saturated carbocycles. The van der Waals surface area contributed by atoms with Crippen molar-refractivity contribution in [2.75, 3.05) is 4.90 Å². The molecule has 0 saturated heterocycles. The molecule has 0 bridgehead atoms. The van der Waals surface area contributed by atoms with Gasteiger partial charge in [-0.2, -0.15) is 0 Å². The highest BCUT2D eigenvalue weighted by atomic mass is 15.2. The van der Waals surface area contributed by atoms with Gasteiger partial charge in [-0.25, -0.2) is 0 Å². The molecule has 1 aliphatic carbocycles. The number of allylic oxidation sites excluding steroid dienone is 2. The van der Waals surface area contributed by atoms with Gasteiger partial charge < -0.3 is 14.0 Å². The average Bonchev–Trinajstić information content (AvgIpc) is 3.84. The minimum atomic E-state index is 0.0498. The number of anilines is 2. The van der Waals surface area contributed by atoms with E-state index in [1.807, 2.05) is 0 Å². The molecule has 3 heteroatoms. The molecule has 1 aliphatic heterocycles. The van der Waals surface area contributed by atoms with Crippen molar-refractivity contribution in [1.82, 2.24) is 9.13 Å². The van der Waals surface area contributed by atoms with Gasteiger partial charge in [-0.3, -0.25) is 0 Å². The Labute approximate surface area is 356 Å². The molecule has 2 atom stereocenters. The van der Waals surface area contributed by atoms with Crippen molar-refractivity contribution in [3.05, 3.63) is 167 Å². The third-order valence-corrected chi connectivity index (χ3v) is 13.5. The lowest BCUT2D eigenvalue weighted by Crippen LogP contribution is -2.29. The second-order valence-corrected chi connectivity index (χ2v) is 21.0. The Bertz CT molecular complexity index is 3000. The summed E-state index contributed by atoms with van der Waals surface area (Å²) >= 11 is 0. The summed E-state index contributed by atoms with van der Waals surface area (Å²) in [6.07, 6.45) is 7.39. The summed E-state index contributed by atoms with van der Waals surface area (Å²) in [6.45, 7) is 25.4. The highest BCUT2D eigenvalue weighted by molar-refractivity contribution is 6.12. The van der Waals surface area contributed by atoms with Crippen LogP contribution in [-0.2, 0) is 16.2 Å². The second-order valence-electron chi connectivity index (χ2n) is 21.0. The number of rotatable bonds is 4. The first kappa shape index (κ1) is 38.4. The summed E-state index contributed by atoms with van der Waals surface area (Å²) in [6, 6.07) is 46.9. The van der Waals surface area contributed by atoms with Crippen molar-refractivity contribution in [2.24, 2.45) is 0 Å². The van der Waals surface area contributed by atoms with Crippen molar-refractivity contribution in [1.29, 1.82) is 0 Å². The van der Waals surface area contributed by atoms with Crippen molar-refractivity contribution >= 4 is 60.7 Å². The van der Waals surface area contributed by atoms with Crippen LogP contribution in [0.3, 0.4) is 0 Å². The zero-order valence-corrected chi connectivity index (χ0v) is 37.4. The van der Waals surface area contributed by atoms with Gasteiger partial charge in [-0.05, 0) is 135 Å². The Morgan fingerprint density at radius 3 is 1.50 bits per heavy atom. The molecule has 0 amide bonds. The number of nitrogens with zero attached hydrogens (tertiary/aromatic N) is 3. The van der Waals surface area contributed by atoms with E-state index in [-0.39, 0.29) is 28.2 Å². The Balaban J connectivity index is 1.19. The van der Waals surface area contributed by atoms with Crippen molar-refractivity contribution in [3.63, 3.8) is 0 Å². The minimum absolute atomic E-state index is 0.0498. The summed E-state index contributed by atoms with van der Waals surface area (Å²) < 4.78 is 5.04. The molecule has 0 fully saturated rings. The molecule has 2 aliphatic rings. The van der Waals surface area contributed by atoms with Gasteiger partial charge in [-0.15, -0.1) is 0 Å². The van der Waals surface area contributed by atoms with Gasteiger partial charge in [0.15, 0.2) is 0 Å². The van der Waals surface area contributed by atoms with Crippen LogP contribution in [0.2, 0.25) is 0 Å². The molecule has 2 unspecified atom stereocenters. The molecule has 0 N–H and O–H groups in total. The molecule has 6 aromatic carbocycles. The molecule has 10 rings (SSSR count). The Morgan fingerprint density at radius 2 is 0.983 bits per heavy atom. The molecule has 8 aromatic rings. The van der Waals surface area contributed by atoms with Crippen molar-refractivity contribution in [3.8, 4) is 5.69 Å². The molecule has 3 heterocycles. The summed E-state index contributed by atoms with van der Waals surface area (Å²) in [5.74, 6) is 0.599. The van der Waals surface area contributed by atoms with Crippen molar-refractivity contribution in [2.45, 2.75) is 110 Å². The maximum absolute atomic E-state index is 2.56. The van der Waals surface area contributed by atoms with E-state index in [9.17, 15) is 0 Å². The maximum atomic E-state index is 2.56. The summed E-state index contributed by atoms with van der Waals surface area (Å²) in [7, 11) is 0. The number of benzene rings is 6. The monoisotopic (exact) mass is 785 g/mol. The van der Waals surface area contributed by atoms with Crippen molar-refractivity contribution < 1.29 is 0 Å². The van der Waals surface area contributed by atoms with Crippen LogP contribution in [0.25, 0.3) is 55.0 Å². The van der Waals surface area contributed by atoms with Crippen LogP contribution < -0.4 is 4.90 Å². The molecule has 3 nitrogen and oxygen atoms in total. The zero-order valence-electron chi connectivity index (χ0n) is 37.4. The lowest BCUT2D eigenvalue weighted by atomic mass is 9.85. The number of aromatic nitrogens is 2. The second kappa shape index (κ2) is 13.4. The minimum Gasteiger partial charge on any atom is -0.333 e. The SMILES string of the molecule is CC(C)c1ccc2c(c1)c1cc(C(C)(C)C)ccc1n2C1=CC2c3cc(-n4c5ccc(C(C)(C)C)cc5c5cc(C(C)(C)C)ccc54)ccc3N(c3ccccc3)C2C=C1. The van der Waals surface area contributed by atoms with Crippen LogP contribution in [0.1, 0.15) is 116 Å². The zero-order chi connectivity index (χ0) is 42.0. The van der Waals surface area contributed by atoms with Crippen LogP contribution in [0.15, 0.2) is 140 Å². The van der Waals surface area contributed by atoms with Crippen LogP contribution in [0, 0.1) is 0 Å². The Kier molecular flexibility index (Phi) is 8.55. The fraction of sp³-hybridized carbons (Fsp3) is 0.298. The quantitative estimate of drug-likeness (QED) is 0.173. The molecule has 60 heavy (non-hydrogen) atoms. The van der Waals surface area contributed by atoms with E-state index in [1.54, 1.807) is 0 Å². The number of hydrogen-bond acceptors (Lipinski definition) is 1. The first-order valence-corrected chi connectivity index (χ1v) is 22.0. The van der Waals surface area contributed by atoms with E-state index < -0.39 is 0 Å². The van der Waals surface area contributed by atoms with Crippen LogP contribution in [0.5, 0.6) is 0 Å². The standard InChI is InChI=1S/C57H59N3/c1-35(2)36-17-23-49-43(29-36)44-30-37(55(3,4)5)18-24-50(44)59(49)41-21-27-53-47(33-41)48-34-42(22-28-54(48)58(53)40-15-13-12-14-16-40)60-51-25-19-38(56(6,7)8)31-45(51)46-32-39(57(9,10)11)20-26-52(46)60/h12-35,47,53H,1-11H3. The summed E-state index contributed by atoms with van der Waals surface area (Å²) in [5.41, 5.74) is 16.9. The number of hydrogen-bond donors (Lipinski definition) is 0. The van der Waals surface area contributed by atoms with Crippen LogP contribution >= 0.6 is 0 Å². The molecule has 2 aromatic heterocycles. The maximum Gasteiger partial charge on any atom is 0.0631 e. The van der Waals surface area contributed by atoms with E-state index in [0.717, 1.165) is 0 Å². The highest BCUT2D eigenvalue weighted by Gasteiger charge is 2.39. The van der Waals surface area contributed by atoms with E-state index >= 15 is 0 Å².